The third-order valence-corrected chi connectivity index (χ3v) is 16.0. The van der Waals surface area contributed by atoms with Gasteiger partial charge in [0.05, 0.1) is 38.6 Å². The van der Waals surface area contributed by atoms with E-state index >= 15 is 0 Å². The molecule has 17 unspecified atom stereocenters. The minimum atomic E-state index is -1.99. The number of unbranched alkanes of at least 4 members (excludes halogenated alkanes) is 22. The Labute approximate surface area is 508 Å². The molecule has 1 amide bonds. The van der Waals surface area contributed by atoms with Gasteiger partial charge in [0, 0.05) is 6.42 Å². The lowest BCUT2D eigenvalue weighted by molar-refractivity contribution is -0.379. The molecule has 19 heteroatoms. The maximum absolute atomic E-state index is 13.4. The van der Waals surface area contributed by atoms with Crippen LogP contribution in [0.3, 0.4) is 0 Å². The Morgan fingerprint density at radius 2 is 0.788 bits per heavy atom. The van der Waals surface area contributed by atoms with E-state index in [1.165, 1.54) is 96.3 Å². The number of hydrogen-bond acceptors (Lipinski definition) is 18. The van der Waals surface area contributed by atoms with Crippen LogP contribution in [0.4, 0.5) is 0 Å². The molecule has 3 saturated heterocycles. The largest absolute Gasteiger partial charge is 0.394 e. The van der Waals surface area contributed by atoms with Crippen LogP contribution in [0.2, 0.25) is 0 Å². The highest BCUT2D eigenvalue weighted by molar-refractivity contribution is 5.76. The first-order chi connectivity index (χ1) is 41.3. The third-order valence-electron chi connectivity index (χ3n) is 16.0. The second kappa shape index (κ2) is 48.1. The summed E-state index contributed by atoms with van der Waals surface area (Å²) in [6.07, 6.45) is 31.6. The van der Waals surface area contributed by atoms with Gasteiger partial charge in [-0.2, -0.15) is 0 Å². The molecule has 12 N–H and O–H groups in total. The number of carbonyl (C=O) groups excluding carboxylic acids is 1. The second-order valence-electron chi connectivity index (χ2n) is 23.2. The van der Waals surface area contributed by atoms with E-state index in [0.717, 1.165) is 77.0 Å². The van der Waals surface area contributed by atoms with Crippen molar-refractivity contribution in [1.82, 2.24) is 5.32 Å². The van der Waals surface area contributed by atoms with Gasteiger partial charge in [-0.3, -0.25) is 4.79 Å². The lowest BCUT2D eigenvalue weighted by Gasteiger charge is -2.48. The van der Waals surface area contributed by atoms with E-state index in [2.05, 4.69) is 79.9 Å². The predicted molar refractivity (Wildman–Crippen MR) is 328 cm³/mol. The van der Waals surface area contributed by atoms with Crippen molar-refractivity contribution < 1.29 is 89.4 Å². The van der Waals surface area contributed by atoms with Crippen LogP contribution in [0, 0.1) is 0 Å². The standard InChI is InChI=1S/C66H115NO18/c1-3-5-7-9-11-13-15-17-19-21-23-24-26-28-30-32-34-36-38-40-42-44-54(72)67-49(50(71)43-41-39-37-35-33-31-29-27-25-22-20-18-16-14-12-10-8-6-4-2)48-80-64-60(78)57(75)62(52(46-69)82-64)85-66-61(79)58(76)63(53(47-70)83-66)84-65-59(77)56(74)55(73)51(45-68)81-65/h15,17,21,23,25-28,33,35,41,43,49-53,55-66,68-71,73-79H,3-14,16,18-20,22,24,29-32,34,36-40,42,44-48H2,1-2H3,(H,67,72)/b17-15-,23-21-,27-25+,28-26-,35-33+,43-41+. The van der Waals surface area contributed by atoms with Crippen molar-refractivity contribution in [3.8, 4) is 0 Å². The van der Waals surface area contributed by atoms with E-state index in [-0.39, 0.29) is 18.9 Å². The number of aliphatic hydroxyl groups is 11. The van der Waals surface area contributed by atoms with Gasteiger partial charge in [-0.15, -0.1) is 0 Å². The summed E-state index contributed by atoms with van der Waals surface area (Å²) in [5, 5.41) is 120. The minimum Gasteiger partial charge on any atom is -0.394 e. The minimum absolute atomic E-state index is 0.214. The van der Waals surface area contributed by atoms with Crippen LogP contribution in [-0.2, 0) is 33.2 Å². The van der Waals surface area contributed by atoms with Crippen molar-refractivity contribution in [3.63, 3.8) is 0 Å². The SMILES string of the molecule is CCCCCCC/C=C\C/C=C\C/C=C\CCCCCCCCC(=O)NC(COC1OC(CO)C(OC2OC(CO)C(OC3OC(CO)C(O)C(O)C3O)C(O)C2O)C(O)C1O)C(O)/C=C/CC/C=C/CC/C=C/CCCCCCCCCCC. The number of carbonyl (C=O) groups is 1. The first kappa shape index (κ1) is 76.5. The fourth-order valence-electron chi connectivity index (χ4n) is 10.6. The van der Waals surface area contributed by atoms with Crippen molar-refractivity contribution in [2.45, 2.75) is 311 Å². The summed E-state index contributed by atoms with van der Waals surface area (Å²) in [6, 6.07) is -1.01. The van der Waals surface area contributed by atoms with Crippen molar-refractivity contribution in [1.29, 1.82) is 0 Å². The van der Waals surface area contributed by atoms with Gasteiger partial charge in [-0.1, -0.05) is 189 Å². The van der Waals surface area contributed by atoms with Gasteiger partial charge < -0.3 is 89.9 Å². The molecule has 3 rings (SSSR count). The van der Waals surface area contributed by atoms with Gasteiger partial charge in [0.2, 0.25) is 5.91 Å². The van der Waals surface area contributed by atoms with Crippen LogP contribution in [0.5, 0.6) is 0 Å². The summed E-state index contributed by atoms with van der Waals surface area (Å²) in [5.74, 6) is -0.304. The number of nitrogens with one attached hydrogen (secondary N) is 1. The highest BCUT2D eigenvalue weighted by Crippen LogP contribution is 2.33. The number of rotatable bonds is 48. The quantitative estimate of drug-likeness (QED) is 0.0209. The molecule has 85 heavy (non-hydrogen) atoms. The molecule has 3 heterocycles. The molecular formula is C66H115NO18. The van der Waals surface area contributed by atoms with Crippen LogP contribution in [0.15, 0.2) is 72.9 Å². The highest BCUT2D eigenvalue weighted by Gasteiger charge is 2.53. The van der Waals surface area contributed by atoms with Crippen LogP contribution in [-0.4, -0.2) is 193 Å². The number of allylic oxidation sites excluding steroid dienone is 11. The third kappa shape index (κ3) is 31.0. The van der Waals surface area contributed by atoms with Gasteiger partial charge in [0.25, 0.3) is 0 Å². The van der Waals surface area contributed by atoms with Crippen LogP contribution >= 0.6 is 0 Å². The molecule has 17 atom stereocenters. The van der Waals surface area contributed by atoms with Crippen molar-refractivity contribution in [2.75, 3.05) is 26.4 Å². The van der Waals surface area contributed by atoms with E-state index in [0.29, 0.717) is 12.8 Å². The Bertz CT molecular complexity index is 1830. The Balaban J connectivity index is 1.50. The summed E-state index contributed by atoms with van der Waals surface area (Å²) in [4.78, 5) is 13.4. The molecule has 0 aromatic rings. The molecule has 19 nitrogen and oxygen atoms in total. The van der Waals surface area contributed by atoms with Gasteiger partial charge in [0.1, 0.15) is 73.2 Å². The summed E-state index contributed by atoms with van der Waals surface area (Å²) >= 11 is 0. The monoisotopic (exact) mass is 1210 g/mol. The molecule has 0 radical (unpaired) electrons. The zero-order valence-electron chi connectivity index (χ0n) is 51.6. The van der Waals surface area contributed by atoms with Crippen molar-refractivity contribution in [2.24, 2.45) is 0 Å². The average molecular weight is 1210 g/mol. The molecule has 0 bridgehead atoms. The molecule has 3 aliphatic heterocycles. The van der Waals surface area contributed by atoms with Gasteiger partial charge in [0.15, 0.2) is 18.9 Å². The van der Waals surface area contributed by atoms with Gasteiger partial charge >= 0.3 is 0 Å². The van der Waals surface area contributed by atoms with Crippen LogP contribution in [0.1, 0.15) is 206 Å². The topological polar surface area (TPSA) is 307 Å². The van der Waals surface area contributed by atoms with E-state index in [1.807, 2.05) is 6.08 Å². The summed E-state index contributed by atoms with van der Waals surface area (Å²) in [7, 11) is 0. The number of amides is 1. The Morgan fingerprint density at radius 1 is 0.424 bits per heavy atom. The van der Waals surface area contributed by atoms with Crippen LogP contribution in [0.25, 0.3) is 0 Å². The first-order valence-electron chi connectivity index (χ1n) is 32.7. The predicted octanol–water partition coefficient (Wildman–Crippen LogP) is 7.38. The number of ether oxygens (including phenoxy) is 6. The van der Waals surface area contributed by atoms with Crippen molar-refractivity contribution >= 4 is 5.91 Å². The maximum Gasteiger partial charge on any atom is 0.220 e. The lowest BCUT2D eigenvalue weighted by atomic mass is 9.96. The van der Waals surface area contributed by atoms with Crippen LogP contribution < -0.4 is 5.32 Å². The van der Waals surface area contributed by atoms with E-state index in [4.69, 9.17) is 28.4 Å². The summed E-state index contributed by atoms with van der Waals surface area (Å²) < 4.78 is 34.3. The zero-order valence-corrected chi connectivity index (χ0v) is 51.6. The molecule has 0 aromatic carbocycles. The number of aliphatic hydroxyl groups excluding tert-OH is 11. The van der Waals surface area contributed by atoms with Crippen molar-refractivity contribution in [3.05, 3.63) is 72.9 Å². The van der Waals surface area contributed by atoms with Gasteiger partial charge in [-0.25, -0.2) is 0 Å². The van der Waals surface area contributed by atoms with Gasteiger partial charge in [-0.05, 0) is 83.5 Å². The Morgan fingerprint density at radius 3 is 1.26 bits per heavy atom. The molecule has 0 spiro atoms. The fourth-order valence-corrected chi connectivity index (χ4v) is 10.6. The maximum atomic E-state index is 13.4. The summed E-state index contributed by atoms with van der Waals surface area (Å²) in [5.41, 5.74) is 0. The Kier molecular flexibility index (Phi) is 43.3. The number of hydrogen-bond donors (Lipinski definition) is 12. The molecule has 3 fully saturated rings. The summed E-state index contributed by atoms with van der Waals surface area (Å²) in [6.45, 7) is 1.67. The first-order valence-corrected chi connectivity index (χ1v) is 32.7. The average Bonchev–Trinajstić information content (AvgIpc) is 3.10. The molecular weight excluding hydrogens is 1090 g/mol. The molecule has 3 aliphatic rings. The van der Waals surface area contributed by atoms with E-state index in [1.54, 1.807) is 6.08 Å². The van der Waals surface area contributed by atoms with E-state index in [9.17, 15) is 61.0 Å². The lowest BCUT2D eigenvalue weighted by Crippen LogP contribution is -2.66. The second-order valence-corrected chi connectivity index (χ2v) is 23.2. The molecule has 492 valence electrons. The highest BCUT2D eigenvalue weighted by atomic mass is 16.8. The Hall–Kier alpha value is -2.77. The normalized spacial score (nSPS) is 29.4. The fraction of sp³-hybridized carbons (Fsp3) is 0.803. The molecule has 0 aliphatic carbocycles. The van der Waals surface area contributed by atoms with E-state index < -0.39 is 124 Å². The molecule has 0 aromatic heterocycles. The molecule has 0 saturated carbocycles. The smallest absolute Gasteiger partial charge is 0.220 e. The zero-order chi connectivity index (χ0) is 61.9.